The number of carboxylic acid groups (broad SMARTS) is 1. The highest BCUT2D eigenvalue weighted by Gasteiger charge is 2.49. The van der Waals surface area contributed by atoms with Crippen LogP contribution >= 0.6 is 0 Å². The minimum Gasteiger partial charge on any atom is -0.480 e. The molecule has 6 N–H and O–H groups in total. The maximum absolute atomic E-state index is 11.7. The number of aliphatic carboxylic acids is 1. The van der Waals surface area contributed by atoms with Gasteiger partial charge in [-0.05, 0) is 45.0 Å². The van der Waals surface area contributed by atoms with Gasteiger partial charge in [-0.3, -0.25) is 4.79 Å². The highest BCUT2D eigenvalue weighted by atomic mass is 16.4. The standard InChI is InChI=1S/C13H27BN2O4/c1-3-11(16-2)10-5-4-9(6-7-14(19)20)8-13(10,15)12(17)18/h9-11,16,19-20H,3-8,15H2,1-2H3,(H,17,18)/t9-,10-,11?,13+/m0/s1. The van der Waals surface area contributed by atoms with Crippen molar-refractivity contribution in [1.82, 2.24) is 5.32 Å². The van der Waals surface area contributed by atoms with Crippen LogP contribution in [-0.2, 0) is 4.79 Å². The smallest absolute Gasteiger partial charge is 0.451 e. The van der Waals surface area contributed by atoms with Gasteiger partial charge < -0.3 is 26.2 Å². The topological polar surface area (TPSA) is 116 Å². The van der Waals surface area contributed by atoms with E-state index in [1.165, 1.54) is 0 Å². The van der Waals surface area contributed by atoms with Crippen molar-refractivity contribution < 1.29 is 19.9 Å². The van der Waals surface area contributed by atoms with Gasteiger partial charge in [-0.15, -0.1) is 0 Å². The number of hydrogen-bond donors (Lipinski definition) is 5. The van der Waals surface area contributed by atoms with E-state index in [4.69, 9.17) is 15.8 Å². The lowest BCUT2D eigenvalue weighted by Gasteiger charge is -2.45. The quantitative estimate of drug-likeness (QED) is 0.422. The monoisotopic (exact) mass is 286 g/mol. The zero-order valence-corrected chi connectivity index (χ0v) is 12.4. The zero-order chi connectivity index (χ0) is 15.3. The van der Waals surface area contributed by atoms with Crippen LogP contribution in [0.1, 0.15) is 39.0 Å². The molecule has 20 heavy (non-hydrogen) atoms. The first-order chi connectivity index (χ1) is 9.35. The molecule has 0 saturated heterocycles. The summed E-state index contributed by atoms with van der Waals surface area (Å²) in [7, 11) is 0.510. The maximum atomic E-state index is 11.7. The first-order valence-corrected chi connectivity index (χ1v) is 7.40. The molecule has 7 heteroatoms. The van der Waals surface area contributed by atoms with E-state index in [2.05, 4.69) is 5.32 Å². The SMILES string of the molecule is CCC(NC)[C@@H]1CC[C@@H](CCB(O)O)C[C@]1(N)C(=O)O. The number of rotatable bonds is 7. The summed E-state index contributed by atoms with van der Waals surface area (Å²) in [5.41, 5.74) is 5.00. The normalized spacial score (nSPS) is 31.9. The molecule has 4 atom stereocenters. The first kappa shape index (κ1) is 17.4. The van der Waals surface area contributed by atoms with Crippen LogP contribution in [0, 0.1) is 11.8 Å². The molecule has 1 unspecified atom stereocenters. The molecule has 0 amide bonds. The van der Waals surface area contributed by atoms with Gasteiger partial charge in [-0.25, -0.2) is 0 Å². The van der Waals surface area contributed by atoms with E-state index in [1.807, 2.05) is 14.0 Å². The van der Waals surface area contributed by atoms with Crippen LogP contribution in [0.15, 0.2) is 0 Å². The fourth-order valence-corrected chi connectivity index (χ4v) is 3.53. The van der Waals surface area contributed by atoms with E-state index >= 15 is 0 Å². The Hall–Kier alpha value is -0.625. The summed E-state index contributed by atoms with van der Waals surface area (Å²) in [6, 6.07) is 0.0977. The van der Waals surface area contributed by atoms with Crippen LogP contribution in [0.25, 0.3) is 0 Å². The minimum absolute atomic E-state index is 0.0923. The van der Waals surface area contributed by atoms with Gasteiger partial charge in [-0.1, -0.05) is 13.3 Å². The molecule has 1 rings (SSSR count). The Morgan fingerprint density at radius 3 is 2.60 bits per heavy atom. The molecule has 0 aromatic heterocycles. The van der Waals surface area contributed by atoms with Crippen LogP contribution in [-0.4, -0.2) is 46.9 Å². The van der Waals surface area contributed by atoms with E-state index < -0.39 is 18.6 Å². The number of nitrogens with two attached hydrogens (primary N) is 1. The lowest BCUT2D eigenvalue weighted by atomic mass is 9.64. The largest absolute Gasteiger partial charge is 0.480 e. The van der Waals surface area contributed by atoms with Gasteiger partial charge in [0, 0.05) is 12.0 Å². The highest BCUT2D eigenvalue weighted by molar-refractivity contribution is 6.40. The zero-order valence-electron chi connectivity index (χ0n) is 12.4. The fourth-order valence-electron chi connectivity index (χ4n) is 3.53. The Kier molecular flexibility index (Phi) is 6.45. The molecule has 6 nitrogen and oxygen atoms in total. The molecule has 0 spiro atoms. The molecule has 116 valence electrons. The second kappa shape index (κ2) is 7.40. The van der Waals surface area contributed by atoms with Gasteiger partial charge in [0.15, 0.2) is 0 Å². The summed E-state index contributed by atoms with van der Waals surface area (Å²) in [6.45, 7) is 2.03. The third-order valence-corrected chi connectivity index (χ3v) is 4.70. The van der Waals surface area contributed by atoms with E-state index in [0.29, 0.717) is 12.8 Å². The molecular weight excluding hydrogens is 259 g/mol. The van der Waals surface area contributed by atoms with Crippen molar-refractivity contribution in [3.8, 4) is 0 Å². The van der Waals surface area contributed by atoms with E-state index in [0.717, 1.165) is 19.3 Å². The molecule has 0 aromatic carbocycles. The Bertz CT molecular complexity index is 325. The van der Waals surface area contributed by atoms with Crippen molar-refractivity contribution in [3.05, 3.63) is 0 Å². The fraction of sp³-hybridized carbons (Fsp3) is 0.923. The van der Waals surface area contributed by atoms with Gasteiger partial charge in [-0.2, -0.15) is 0 Å². The molecular formula is C13H27BN2O4. The van der Waals surface area contributed by atoms with Crippen LogP contribution < -0.4 is 11.1 Å². The molecule has 1 aliphatic carbocycles. The van der Waals surface area contributed by atoms with Crippen molar-refractivity contribution in [2.45, 2.75) is 56.9 Å². The minimum atomic E-state index is -1.33. The molecule has 0 aromatic rings. The van der Waals surface area contributed by atoms with Gasteiger partial charge in [0.2, 0.25) is 0 Å². The summed E-state index contributed by atoms with van der Waals surface area (Å²) >= 11 is 0. The molecule has 0 aliphatic heterocycles. The van der Waals surface area contributed by atoms with Crippen molar-refractivity contribution >= 4 is 13.1 Å². The van der Waals surface area contributed by atoms with Crippen molar-refractivity contribution in [2.75, 3.05) is 7.05 Å². The van der Waals surface area contributed by atoms with Gasteiger partial charge in [0.25, 0.3) is 0 Å². The molecule has 1 saturated carbocycles. The molecule has 1 fully saturated rings. The number of hydrogen-bond acceptors (Lipinski definition) is 5. The van der Waals surface area contributed by atoms with Gasteiger partial charge in [0.1, 0.15) is 5.54 Å². The van der Waals surface area contributed by atoms with Crippen molar-refractivity contribution in [3.63, 3.8) is 0 Å². The third-order valence-electron chi connectivity index (χ3n) is 4.70. The number of nitrogens with one attached hydrogen (secondary N) is 1. The summed E-state index contributed by atoms with van der Waals surface area (Å²) in [6.07, 6.45) is 3.77. The average Bonchev–Trinajstić information content (AvgIpc) is 2.39. The summed E-state index contributed by atoms with van der Waals surface area (Å²) in [4.78, 5) is 11.7. The molecule has 1 aliphatic rings. The van der Waals surface area contributed by atoms with Crippen LogP contribution in [0.5, 0.6) is 0 Å². The summed E-state index contributed by atoms with van der Waals surface area (Å²) in [5.74, 6) is -0.903. The maximum Gasteiger partial charge on any atom is 0.451 e. The van der Waals surface area contributed by atoms with Crippen LogP contribution in [0.3, 0.4) is 0 Å². The highest BCUT2D eigenvalue weighted by Crippen LogP contribution is 2.40. The molecule has 0 bridgehead atoms. The Morgan fingerprint density at radius 2 is 2.15 bits per heavy atom. The summed E-state index contributed by atoms with van der Waals surface area (Å²) < 4.78 is 0. The van der Waals surface area contributed by atoms with E-state index in [9.17, 15) is 9.90 Å². The predicted octanol–water partition coefficient (Wildman–Crippen LogP) is 0.0457. The summed E-state index contributed by atoms with van der Waals surface area (Å²) in [5, 5.41) is 30.6. The Balaban J connectivity index is 2.79. The third kappa shape index (κ3) is 3.94. The van der Waals surface area contributed by atoms with Crippen molar-refractivity contribution in [2.24, 2.45) is 17.6 Å². The Morgan fingerprint density at radius 1 is 1.50 bits per heavy atom. The Labute approximate surface area is 120 Å². The number of carbonyl (C=O) groups is 1. The predicted molar refractivity (Wildman–Crippen MR) is 78.1 cm³/mol. The second-order valence-corrected chi connectivity index (χ2v) is 5.96. The first-order valence-electron chi connectivity index (χ1n) is 7.40. The van der Waals surface area contributed by atoms with Crippen LogP contribution in [0.2, 0.25) is 6.32 Å². The average molecular weight is 286 g/mol. The van der Waals surface area contributed by atoms with Gasteiger partial charge >= 0.3 is 13.1 Å². The lowest BCUT2D eigenvalue weighted by molar-refractivity contribution is -0.148. The van der Waals surface area contributed by atoms with E-state index in [1.54, 1.807) is 0 Å². The van der Waals surface area contributed by atoms with Gasteiger partial charge in [0.05, 0.1) is 0 Å². The number of carboxylic acids is 1. The lowest BCUT2D eigenvalue weighted by Crippen LogP contribution is -2.62. The van der Waals surface area contributed by atoms with Crippen LogP contribution in [0.4, 0.5) is 0 Å². The second-order valence-electron chi connectivity index (χ2n) is 5.96. The molecule has 0 radical (unpaired) electrons. The van der Waals surface area contributed by atoms with E-state index in [-0.39, 0.29) is 24.2 Å². The molecule has 0 heterocycles. The van der Waals surface area contributed by atoms with Crippen molar-refractivity contribution in [1.29, 1.82) is 0 Å².